The van der Waals surface area contributed by atoms with E-state index in [-0.39, 0.29) is 38.0 Å². The van der Waals surface area contributed by atoms with Gasteiger partial charge in [-0.1, -0.05) is 182 Å². The molecule has 0 amide bonds. The number of hydrogen-bond donors (Lipinski definition) is 8. The van der Waals surface area contributed by atoms with Crippen LogP contribution in [0.25, 0.3) is 0 Å². The van der Waals surface area contributed by atoms with Crippen LogP contribution in [0.5, 0.6) is 0 Å². The molecule has 6 rings (SSSR count). The zero-order chi connectivity index (χ0) is 50.9. The lowest BCUT2D eigenvalue weighted by Crippen LogP contribution is -2.25. The zero-order valence-electron chi connectivity index (χ0n) is 40.0. The summed E-state index contributed by atoms with van der Waals surface area (Å²) in [4.78, 5) is 43.7. The largest absolute Gasteiger partial charge is 0.481 e. The SMILES string of the molecule is NCC(CC(c1ccccc1)c1ccccc1)C(=O)O.NCC(CCC(c1ccccc1)c1ccccc1)C(=O)O.NCC(CCCc1ccccc1)C(=O)O.NCC(CCc1ccccc1)C(=O)O. The van der Waals surface area contributed by atoms with Gasteiger partial charge in [-0.05, 0) is 84.7 Å². The number of hydrogen-bond acceptors (Lipinski definition) is 8. The quantitative estimate of drug-likeness (QED) is 0.0283. The fourth-order valence-corrected chi connectivity index (χ4v) is 7.89. The molecule has 4 atom stereocenters. The third kappa shape index (κ3) is 21.6. The number of benzene rings is 6. The second-order valence-corrected chi connectivity index (χ2v) is 17.0. The molecule has 12 nitrogen and oxygen atoms in total. The van der Waals surface area contributed by atoms with E-state index in [1.54, 1.807) is 0 Å². The highest BCUT2D eigenvalue weighted by atomic mass is 16.4. The molecule has 0 saturated carbocycles. The summed E-state index contributed by atoms with van der Waals surface area (Å²) in [6.45, 7) is 0.781. The Kier molecular flexibility index (Phi) is 27.5. The summed E-state index contributed by atoms with van der Waals surface area (Å²) < 4.78 is 0. The van der Waals surface area contributed by atoms with Gasteiger partial charge in [-0.3, -0.25) is 19.2 Å². The van der Waals surface area contributed by atoms with Crippen LogP contribution in [0.3, 0.4) is 0 Å². The maximum atomic E-state index is 11.2. The second-order valence-electron chi connectivity index (χ2n) is 17.0. The number of carboxylic acid groups (broad SMARTS) is 4. The Morgan fingerprint density at radius 1 is 0.329 bits per heavy atom. The van der Waals surface area contributed by atoms with Gasteiger partial charge in [0, 0.05) is 38.0 Å². The third-order valence-corrected chi connectivity index (χ3v) is 12.2. The van der Waals surface area contributed by atoms with Crippen LogP contribution in [0.2, 0.25) is 0 Å². The molecule has 0 heterocycles. The van der Waals surface area contributed by atoms with Gasteiger partial charge in [0.25, 0.3) is 0 Å². The van der Waals surface area contributed by atoms with Crippen molar-refractivity contribution < 1.29 is 39.6 Å². The molecule has 6 aromatic rings. The standard InChI is InChI=1S/C18H21NO2.C17H19NO2.C12H17NO2.C11H15NO2/c19-13-16(18(20)21)11-12-17(14-7-3-1-4-8-14)15-9-5-2-6-10-15;18-12-15(17(19)20)11-16(13-7-3-1-4-8-13)14-9-5-2-6-10-14;13-9-11(12(14)15)8-4-7-10-5-2-1-3-6-10;12-8-10(11(13)14)7-6-9-4-2-1-3-5-9/h1-10,16-17H,11-13,19H2,(H,20,21);1-10,15-16H,11-12,18H2,(H,19,20);1-3,5-6,11H,4,7-9,13H2,(H,14,15);1-5,10H,6-8,12H2,(H,13,14). The maximum absolute atomic E-state index is 11.2. The van der Waals surface area contributed by atoms with Crippen molar-refractivity contribution >= 4 is 23.9 Å². The summed E-state index contributed by atoms with van der Waals surface area (Å²) in [5.74, 6) is -4.78. The molecule has 0 aliphatic rings. The van der Waals surface area contributed by atoms with Crippen LogP contribution in [0.15, 0.2) is 182 Å². The zero-order valence-corrected chi connectivity index (χ0v) is 40.0. The first kappa shape index (κ1) is 57.4. The van der Waals surface area contributed by atoms with Gasteiger partial charge in [0.2, 0.25) is 0 Å². The molecular weight excluding hydrogens is 881 g/mol. The molecule has 70 heavy (non-hydrogen) atoms. The lowest BCUT2D eigenvalue weighted by atomic mass is 9.83. The number of nitrogens with two attached hydrogens (primary N) is 4. The molecule has 4 unspecified atom stereocenters. The molecule has 372 valence electrons. The van der Waals surface area contributed by atoms with Crippen LogP contribution < -0.4 is 22.9 Å². The first-order valence-electron chi connectivity index (χ1n) is 23.9. The minimum atomic E-state index is -0.829. The van der Waals surface area contributed by atoms with Gasteiger partial charge in [-0.15, -0.1) is 0 Å². The summed E-state index contributed by atoms with van der Waals surface area (Å²) in [6.07, 6.45) is 5.71. The van der Waals surface area contributed by atoms with E-state index in [2.05, 4.69) is 36.4 Å². The second kappa shape index (κ2) is 33.5. The highest BCUT2D eigenvalue weighted by Gasteiger charge is 2.24. The van der Waals surface area contributed by atoms with Crippen LogP contribution in [-0.2, 0) is 32.0 Å². The number of carboxylic acids is 4. The van der Waals surface area contributed by atoms with Crippen molar-refractivity contribution in [3.05, 3.63) is 215 Å². The van der Waals surface area contributed by atoms with Crippen LogP contribution in [0, 0.1) is 23.7 Å². The summed E-state index contributed by atoms with van der Waals surface area (Å²) in [5, 5.41) is 35.9. The molecule has 6 aromatic carbocycles. The first-order valence-corrected chi connectivity index (χ1v) is 23.9. The predicted octanol–water partition coefficient (Wildman–Crippen LogP) is 9.07. The smallest absolute Gasteiger partial charge is 0.307 e. The Morgan fingerprint density at radius 3 is 0.943 bits per heavy atom. The summed E-state index contributed by atoms with van der Waals surface area (Å²) in [5.41, 5.74) is 29.0. The van der Waals surface area contributed by atoms with Crippen LogP contribution in [0.4, 0.5) is 0 Å². The summed E-state index contributed by atoms with van der Waals surface area (Å²) in [6, 6.07) is 60.3. The van der Waals surface area contributed by atoms with Crippen molar-refractivity contribution in [3.8, 4) is 0 Å². The average molecular weight is 953 g/mol. The Balaban J connectivity index is 0.000000251. The van der Waals surface area contributed by atoms with Crippen molar-refractivity contribution in [3.63, 3.8) is 0 Å². The van der Waals surface area contributed by atoms with Gasteiger partial charge < -0.3 is 43.4 Å². The number of carbonyl (C=O) groups is 4. The van der Waals surface area contributed by atoms with Crippen LogP contribution in [0.1, 0.15) is 83.7 Å². The van der Waals surface area contributed by atoms with Crippen LogP contribution in [-0.4, -0.2) is 70.5 Å². The molecule has 0 aliphatic carbocycles. The lowest BCUT2D eigenvalue weighted by molar-refractivity contribution is -0.142. The van der Waals surface area contributed by atoms with Crippen molar-refractivity contribution in [2.45, 2.75) is 63.2 Å². The maximum Gasteiger partial charge on any atom is 0.307 e. The number of rotatable bonds is 24. The predicted molar refractivity (Wildman–Crippen MR) is 278 cm³/mol. The highest BCUT2D eigenvalue weighted by molar-refractivity contribution is 5.71. The van der Waals surface area contributed by atoms with E-state index >= 15 is 0 Å². The third-order valence-electron chi connectivity index (χ3n) is 12.2. The molecule has 12 N–H and O–H groups in total. The summed E-state index contributed by atoms with van der Waals surface area (Å²) >= 11 is 0. The van der Waals surface area contributed by atoms with E-state index in [1.807, 2.05) is 146 Å². The normalized spacial score (nSPS) is 12.3. The molecule has 0 aromatic heterocycles. The van der Waals surface area contributed by atoms with E-state index in [0.29, 0.717) is 25.7 Å². The van der Waals surface area contributed by atoms with E-state index in [1.165, 1.54) is 16.7 Å². The first-order chi connectivity index (χ1) is 33.9. The average Bonchev–Trinajstić information content (AvgIpc) is 3.39. The number of aryl methyl sites for hydroxylation is 2. The van der Waals surface area contributed by atoms with E-state index in [4.69, 9.17) is 38.3 Å². The Labute approximate surface area is 413 Å². The van der Waals surface area contributed by atoms with Gasteiger partial charge in [0.1, 0.15) is 0 Å². The molecule has 0 saturated heterocycles. The fourth-order valence-electron chi connectivity index (χ4n) is 7.89. The van der Waals surface area contributed by atoms with Gasteiger partial charge in [-0.25, -0.2) is 0 Å². The van der Waals surface area contributed by atoms with Gasteiger partial charge in [-0.2, -0.15) is 0 Å². The topological polar surface area (TPSA) is 253 Å². The monoisotopic (exact) mass is 953 g/mol. The van der Waals surface area contributed by atoms with Crippen molar-refractivity contribution in [1.29, 1.82) is 0 Å². The number of aliphatic carboxylic acids is 4. The lowest BCUT2D eigenvalue weighted by Gasteiger charge is -2.21. The molecule has 12 heteroatoms. The van der Waals surface area contributed by atoms with Gasteiger partial charge in [0.15, 0.2) is 0 Å². The van der Waals surface area contributed by atoms with Crippen molar-refractivity contribution in [2.24, 2.45) is 46.6 Å². The molecular formula is C58H72N4O8. The molecule has 0 bridgehead atoms. The summed E-state index contributed by atoms with van der Waals surface area (Å²) in [7, 11) is 0. The molecule has 0 fully saturated rings. The fraction of sp³-hybridized carbons (Fsp3) is 0.310. The van der Waals surface area contributed by atoms with E-state index in [9.17, 15) is 24.3 Å². The van der Waals surface area contributed by atoms with E-state index in [0.717, 1.165) is 42.4 Å². The van der Waals surface area contributed by atoms with Gasteiger partial charge >= 0.3 is 23.9 Å². The Morgan fingerprint density at radius 2 is 0.614 bits per heavy atom. The van der Waals surface area contributed by atoms with Crippen LogP contribution >= 0.6 is 0 Å². The minimum absolute atomic E-state index is 0.0575. The van der Waals surface area contributed by atoms with Crippen molar-refractivity contribution in [1.82, 2.24) is 0 Å². The molecule has 0 spiro atoms. The van der Waals surface area contributed by atoms with Crippen molar-refractivity contribution in [2.75, 3.05) is 26.2 Å². The molecule has 0 radical (unpaired) electrons. The minimum Gasteiger partial charge on any atom is -0.481 e. The van der Waals surface area contributed by atoms with E-state index < -0.39 is 47.5 Å². The highest BCUT2D eigenvalue weighted by Crippen LogP contribution is 2.32. The Bertz CT molecular complexity index is 2250. The van der Waals surface area contributed by atoms with Gasteiger partial charge in [0.05, 0.1) is 23.7 Å². The molecule has 0 aliphatic heterocycles. The Hall–Kier alpha value is -6.96.